The molecule has 3 aromatic rings. The van der Waals surface area contributed by atoms with E-state index in [2.05, 4.69) is 15.1 Å². The van der Waals surface area contributed by atoms with Gasteiger partial charge in [0.1, 0.15) is 10.1 Å². The summed E-state index contributed by atoms with van der Waals surface area (Å²) in [6.07, 6.45) is 5.18. The predicted octanol–water partition coefficient (Wildman–Crippen LogP) is 5.25. The molecule has 1 aliphatic rings. The zero-order valence-corrected chi connectivity index (χ0v) is 18.1. The number of ketones is 1. The monoisotopic (exact) mass is 456 g/mol. The maximum atomic E-state index is 12.5. The Bertz CT molecular complexity index is 949. The second-order valence-corrected chi connectivity index (χ2v) is 9.67. The van der Waals surface area contributed by atoms with Crippen molar-refractivity contribution in [2.75, 3.05) is 23.7 Å². The summed E-state index contributed by atoms with van der Waals surface area (Å²) in [4.78, 5) is 14.8. The Morgan fingerprint density at radius 2 is 2.07 bits per heavy atom. The van der Waals surface area contributed by atoms with Crippen LogP contribution in [0.4, 0.5) is 5.95 Å². The van der Waals surface area contributed by atoms with E-state index in [9.17, 15) is 4.79 Å². The summed E-state index contributed by atoms with van der Waals surface area (Å²) >= 11 is 14.6. The number of piperidine rings is 1. The zero-order chi connectivity index (χ0) is 19.5. The minimum Gasteiger partial charge on any atom is -0.467 e. The Morgan fingerprint density at radius 3 is 2.75 bits per heavy atom. The van der Waals surface area contributed by atoms with Gasteiger partial charge in [0.2, 0.25) is 5.95 Å². The lowest BCUT2D eigenvalue weighted by atomic mass is 10.1. The summed E-state index contributed by atoms with van der Waals surface area (Å²) in [5, 5.41) is 9.44. The molecule has 1 aliphatic heterocycles. The fraction of sp³-hybridized carbons (Fsp3) is 0.389. The maximum absolute atomic E-state index is 12.5. The van der Waals surface area contributed by atoms with Crippen LogP contribution in [0, 0.1) is 0 Å². The van der Waals surface area contributed by atoms with Crippen molar-refractivity contribution in [3.05, 3.63) is 44.5 Å². The van der Waals surface area contributed by atoms with Crippen molar-refractivity contribution in [3.63, 3.8) is 0 Å². The molecule has 0 N–H and O–H groups in total. The highest BCUT2D eigenvalue weighted by Gasteiger charge is 2.22. The van der Waals surface area contributed by atoms with E-state index in [0.29, 0.717) is 25.9 Å². The average molecular weight is 457 g/mol. The van der Waals surface area contributed by atoms with Gasteiger partial charge >= 0.3 is 0 Å². The van der Waals surface area contributed by atoms with Crippen LogP contribution in [0.1, 0.15) is 35.4 Å². The van der Waals surface area contributed by atoms with Crippen molar-refractivity contribution in [1.29, 1.82) is 0 Å². The van der Waals surface area contributed by atoms with Crippen molar-refractivity contribution in [1.82, 2.24) is 14.8 Å². The van der Waals surface area contributed by atoms with Crippen LogP contribution in [-0.4, -0.2) is 39.4 Å². The summed E-state index contributed by atoms with van der Waals surface area (Å²) in [5.41, 5.74) is 0.456. The van der Waals surface area contributed by atoms with Crippen LogP contribution < -0.4 is 4.90 Å². The number of thioether (sulfide) groups is 1. The van der Waals surface area contributed by atoms with E-state index in [-0.39, 0.29) is 11.5 Å². The first kappa shape index (κ1) is 19.8. The number of aromatic nitrogens is 3. The second-order valence-electron chi connectivity index (χ2n) is 6.45. The van der Waals surface area contributed by atoms with E-state index >= 15 is 0 Å². The Labute approximate surface area is 180 Å². The standard InChI is InChI=1S/C18H18Cl2N4O2S2/c19-15-9-13(16(20)28-15)14(25)11-27-18-22-21-17(23-6-2-1-3-7-23)24(18)10-12-5-4-8-26-12/h4-5,8-9H,1-3,6-7,10-11H2. The molecule has 0 amide bonds. The van der Waals surface area contributed by atoms with E-state index in [4.69, 9.17) is 27.6 Å². The average Bonchev–Trinajstić information content (AvgIpc) is 3.42. The molecule has 3 aromatic heterocycles. The number of carbonyl (C=O) groups is 1. The molecular formula is C18H18Cl2N4O2S2. The lowest BCUT2D eigenvalue weighted by Gasteiger charge is -2.27. The summed E-state index contributed by atoms with van der Waals surface area (Å²) in [7, 11) is 0. The number of Topliss-reactive ketones (excluding diaryl/α,β-unsaturated/α-hetero) is 1. The molecule has 4 rings (SSSR count). The lowest BCUT2D eigenvalue weighted by Crippen LogP contribution is -2.32. The van der Waals surface area contributed by atoms with Crippen LogP contribution in [0.5, 0.6) is 0 Å². The highest BCUT2D eigenvalue weighted by Crippen LogP contribution is 2.33. The quantitative estimate of drug-likeness (QED) is 0.357. The maximum Gasteiger partial charge on any atom is 0.228 e. The second kappa shape index (κ2) is 8.90. The van der Waals surface area contributed by atoms with Crippen molar-refractivity contribution in [2.45, 2.75) is 31.0 Å². The minimum absolute atomic E-state index is 0.0785. The highest BCUT2D eigenvalue weighted by atomic mass is 35.5. The number of thiophene rings is 1. The number of anilines is 1. The summed E-state index contributed by atoms with van der Waals surface area (Å²) in [5.74, 6) is 1.77. The molecule has 0 saturated carbocycles. The first-order chi connectivity index (χ1) is 13.6. The molecule has 4 heterocycles. The molecule has 28 heavy (non-hydrogen) atoms. The van der Waals surface area contributed by atoms with Crippen molar-refractivity contribution in [2.24, 2.45) is 0 Å². The minimum atomic E-state index is -0.0785. The Morgan fingerprint density at radius 1 is 1.25 bits per heavy atom. The zero-order valence-electron chi connectivity index (χ0n) is 14.9. The van der Waals surface area contributed by atoms with Gasteiger partial charge in [-0.25, -0.2) is 0 Å². The molecule has 0 radical (unpaired) electrons. The van der Waals surface area contributed by atoms with Gasteiger partial charge in [0.25, 0.3) is 0 Å². The largest absolute Gasteiger partial charge is 0.467 e. The van der Waals surface area contributed by atoms with Gasteiger partial charge < -0.3 is 9.32 Å². The smallest absolute Gasteiger partial charge is 0.228 e. The van der Waals surface area contributed by atoms with Gasteiger partial charge in [0.05, 0.1) is 22.9 Å². The number of carbonyl (C=O) groups excluding carboxylic acids is 1. The number of nitrogens with zero attached hydrogens (tertiary/aromatic N) is 4. The van der Waals surface area contributed by atoms with Crippen LogP contribution in [0.2, 0.25) is 8.67 Å². The van der Waals surface area contributed by atoms with E-state index < -0.39 is 0 Å². The molecule has 0 aliphatic carbocycles. The summed E-state index contributed by atoms with van der Waals surface area (Å²) < 4.78 is 8.46. The fourth-order valence-electron chi connectivity index (χ4n) is 3.15. The van der Waals surface area contributed by atoms with E-state index in [1.807, 2.05) is 16.7 Å². The van der Waals surface area contributed by atoms with Crippen molar-refractivity contribution >= 4 is 58.0 Å². The molecular weight excluding hydrogens is 439 g/mol. The Hall–Kier alpha value is -1.48. The normalized spacial score (nSPS) is 14.6. The molecule has 1 saturated heterocycles. The van der Waals surface area contributed by atoms with Gasteiger partial charge in [-0.1, -0.05) is 35.0 Å². The summed E-state index contributed by atoms with van der Waals surface area (Å²) in [6.45, 7) is 2.44. The van der Waals surface area contributed by atoms with Gasteiger partial charge in [-0.15, -0.1) is 21.5 Å². The molecule has 0 atom stereocenters. The van der Waals surface area contributed by atoms with E-state index in [1.165, 1.54) is 29.5 Å². The van der Waals surface area contributed by atoms with Gasteiger partial charge in [-0.2, -0.15) is 0 Å². The van der Waals surface area contributed by atoms with Crippen LogP contribution in [0.15, 0.2) is 34.0 Å². The first-order valence-electron chi connectivity index (χ1n) is 8.93. The molecule has 0 aromatic carbocycles. The predicted molar refractivity (Wildman–Crippen MR) is 113 cm³/mol. The van der Waals surface area contributed by atoms with Gasteiger partial charge in [0, 0.05) is 18.7 Å². The number of hydrogen-bond donors (Lipinski definition) is 0. The van der Waals surface area contributed by atoms with Crippen LogP contribution in [-0.2, 0) is 6.54 Å². The third kappa shape index (κ3) is 4.40. The molecule has 10 heteroatoms. The van der Waals surface area contributed by atoms with Crippen LogP contribution in [0.25, 0.3) is 0 Å². The molecule has 6 nitrogen and oxygen atoms in total. The molecule has 0 bridgehead atoms. The van der Waals surface area contributed by atoms with Crippen molar-refractivity contribution < 1.29 is 9.21 Å². The third-order valence-electron chi connectivity index (χ3n) is 4.52. The SMILES string of the molecule is O=C(CSc1nnc(N2CCCCC2)n1Cc1ccco1)c1cc(Cl)sc1Cl. The molecule has 0 unspecified atom stereocenters. The topological polar surface area (TPSA) is 64.2 Å². The third-order valence-corrected chi connectivity index (χ3v) is 6.97. The molecule has 1 fully saturated rings. The van der Waals surface area contributed by atoms with Crippen LogP contribution in [0.3, 0.4) is 0 Å². The number of hydrogen-bond acceptors (Lipinski definition) is 7. The highest BCUT2D eigenvalue weighted by molar-refractivity contribution is 7.99. The molecule has 0 spiro atoms. The molecule has 148 valence electrons. The van der Waals surface area contributed by atoms with E-state index in [1.54, 1.807) is 12.3 Å². The first-order valence-corrected chi connectivity index (χ1v) is 11.5. The van der Waals surface area contributed by atoms with Gasteiger partial charge in [-0.3, -0.25) is 9.36 Å². The van der Waals surface area contributed by atoms with Gasteiger partial charge in [0.15, 0.2) is 10.9 Å². The number of rotatable bonds is 7. The number of halogens is 2. The lowest BCUT2D eigenvalue weighted by molar-refractivity contribution is 0.102. The fourth-order valence-corrected chi connectivity index (χ4v) is 5.47. The number of furan rings is 1. The van der Waals surface area contributed by atoms with E-state index in [0.717, 1.165) is 37.6 Å². The Kier molecular flexibility index (Phi) is 6.30. The Balaban J connectivity index is 1.54. The van der Waals surface area contributed by atoms with Crippen molar-refractivity contribution in [3.8, 4) is 0 Å². The van der Waals surface area contributed by atoms with Crippen LogP contribution >= 0.6 is 46.3 Å². The summed E-state index contributed by atoms with van der Waals surface area (Å²) in [6, 6.07) is 5.40. The van der Waals surface area contributed by atoms with Gasteiger partial charge in [-0.05, 0) is 37.5 Å².